The lowest BCUT2D eigenvalue weighted by molar-refractivity contribution is 0.0787. The van der Waals surface area contributed by atoms with Crippen molar-refractivity contribution in [3.63, 3.8) is 0 Å². The van der Waals surface area contributed by atoms with Gasteiger partial charge in [-0.25, -0.2) is 0 Å². The Morgan fingerprint density at radius 2 is 1.79 bits per heavy atom. The maximum atomic E-state index is 12.5. The van der Waals surface area contributed by atoms with Crippen LogP contribution in [0.15, 0.2) is 36.5 Å². The van der Waals surface area contributed by atoms with Gasteiger partial charge in [-0.2, -0.15) is 4.80 Å². The number of hydrogen-bond donors (Lipinski definition) is 2. The lowest BCUT2D eigenvalue weighted by atomic mass is 10.1. The highest BCUT2D eigenvalue weighted by molar-refractivity contribution is 6.00. The molecule has 1 saturated heterocycles. The fourth-order valence-corrected chi connectivity index (χ4v) is 3.20. The number of ketones is 1. The van der Waals surface area contributed by atoms with Crippen molar-refractivity contribution in [2.45, 2.75) is 19.4 Å². The highest BCUT2D eigenvalue weighted by atomic mass is 16.2. The number of amides is 2. The Balaban J connectivity index is 1.43. The smallest absolute Gasteiger partial charge is 0.270 e. The second kappa shape index (κ2) is 7.66. The molecule has 0 aliphatic carbocycles. The highest BCUT2D eigenvalue weighted by Gasteiger charge is 2.22. The number of nitrogens with two attached hydrogens (primary N) is 1. The predicted octanol–water partition coefficient (Wildman–Crippen LogP) is 0.886. The summed E-state index contributed by atoms with van der Waals surface area (Å²) in [6, 6.07) is 8.02. The highest BCUT2D eigenvalue weighted by Crippen LogP contribution is 2.16. The van der Waals surface area contributed by atoms with E-state index in [1.807, 2.05) is 0 Å². The third-order valence-electron chi connectivity index (χ3n) is 4.79. The number of aromatic amines is 1. The molecule has 1 aromatic carbocycles. The van der Waals surface area contributed by atoms with Gasteiger partial charge in [0.1, 0.15) is 12.2 Å². The van der Waals surface area contributed by atoms with E-state index in [0.717, 1.165) is 25.9 Å². The van der Waals surface area contributed by atoms with E-state index < -0.39 is 5.91 Å². The first-order valence-corrected chi connectivity index (χ1v) is 9.20. The Morgan fingerprint density at radius 1 is 1.07 bits per heavy atom. The van der Waals surface area contributed by atoms with Gasteiger partial charge in [0.2, 0.25) is 11.7 Å². The minimum atomic E-state index is -0.521. The van der Waals surface area contributed by atoms with Crippen LogP contribution in [0.4, 0.5) is 0 Å². The zero-order chi connectivity index (χ0) is 20.4. The second-order valence-electron chi connectivity index (χ2n) is 6.81. The molecule has 1 aliphatic heterocycles. The fourth-order valence-electron chi connectivity index (χ4n) is 3.20. The molecule has 0 bridgehead atoms. The van der Waals surface area contributed by atoms with Crippen molar-refractivity contribution >= 4 is 17.6 Å². The largest absolute Gasteiger partial charge is 0.366 e. The molecule has 3 aromatic rings. The zero-order valence-corrected chi connectivity index (χ0v) is 15.5. The summed E-state index contributed by atoms with van der Waals surface area (Å²) in [7, 11) is 0. The number of tetrazole rings is 1. The van der Waals surface area contributed by atoms with Crippen LogP contribution in [0.1, 0.15) is 44.0 Å². The van der Waals surface area contributed by atoms with E-state index in [0.29, 0.717) is 28.2 Å². The quantitative estimate of drug-likeness (QED) is 0.596. The first-order valence-electron chi connectivity index (χ1n) is 9.20. The van der Waals surface area contributed by atoms with E-state index in [2.05, 4.69) is 20.4 Å². The molecule has 0 radical (unpaired) electrons. The summed E-state index contributed by atoms with van der Waals surface area (Å²) in [5.74, 6) is -0.530. The SMILES string of the molecule is NC(=O)c1ccc(-c2nnn(CC(=O)c3c[nH]c(C(=O)N4CCCC4)c3)n2)cc1. The summed E-state index contributed by atoms with van der Waals surface area (Å²) < 4.78 is 0. The van der Waals surface area contributed by atoms with Crippen molar-refractivity contribution in [1.29, 1.82) is 0 Å². The molecule has 10 heteroatoms. The lowest BCUT2D eigenvalue weighted by Crippen LogP contribution is -2.27. The van der Waals surface area contributed by atoms with E-state index in [-0.39, 0.29) is 18.2 Å². The van der Waals surface area contributed by atoms with Crippen molar-refractivity contribution < 1.29 is 14.4 Å². The molecule has 0 atom stereocenters. The summed E-state index contributed by atoms with van der Waals surface area (Å²) in [5.41, 5.74) is 7.03. The number of likely N-dealkylation sites (tertiary alicyclic amines) is 1. The van der Waals surface area contributed by atoms with Gasteiger partial charge in [-0.05, 0) is 36.3 Å². The molecule has 0 unspecified atom stereocenters. The van der Waals surface area contributed by atoms with Crippen LogP contribution in [0.2, 0.25) is 0 Å². The van der Waals surface area contributed by atoms with E-state index in [1.54, 1.807) is 35.2 Å². The van der Waals surface area contributed by atoms with Crippen LogP contribution in [0.5, 0.6) is 0 Å². The standard InChI is InChI=1S/C19H19N7O3/c20-17(28)12-3-5-13(6-4-12)18-22-24-26(23-18)11-16(27)14-9-15(21-10-14)19(29)25-7-1-2-8-25/h3-6,9-10,21H,1-2,7-8,11H2,(H2,20,28). The molecule has 0 spiro atoms. The van der Waals surface area contributed by atoms with E-state index >= 15 is 0 Å². The van der Waals surface area contributed by atoms with Crippen molar-refractivity contribution in [2.75, 3.05) is 13.1 Å². The first-order chi connectivity index (χ1) is 14.0. The van der Waals surface area contributed by atoms with E-state index in [9.17, 15) is 14.4 Å². The van der Waals surface area contributed by atoms with Gasteiger partial charge in [0.25, 0.3) is 5.91 Å². The lowest BCUT2D eigenvalue weighted by Gasteiger charge is -2.13. The maximum Gasteiger partial charge on any atom is 0.270 e. The molecular formula is C19H19N7O3. The molecule has 3 N–H and O–H groups in total. The Morgan fingerprint density at radius 3 is 2.48 bits per heavy atom. The topological polar surface area (TPSA) is 140 Å². The van der Waals surface area contributed by atoms with Crippen LogP contribution >= 0.6 is 0 Å². The summed E-state index contributed by atoms with van der Waals surface area (Å²) >= 11 is 0. The van der Waals surface area contributed by atoms with Gasteiger partial charge in [0.05, 0.1) is 0 Å². The zero-order valence-electron chi connectivity index (χ0n) is 15.5. The Bertz CT molecular complexity index is 1060. The number of hydrogen-bond acceptors (Lipinski definition) is 6. The van der Waals surface area contributed by atoms with Crippen LogP contribution in [-0.2, 0) is 6.54 Å². The molecule has 4 rings (SSSR count). The molecule has 1 aliphatic rings. The number of H-pyrrole nitrogens is 1. The van der Waals surface area contributed by atoms with Crippen molar-refractivity contribution in [2.24, 2.45) is 5.73 Å². The molecule has 10 nitrogen and oxygen atoms in total. The van der Waals surface area contributed by atoms with Gasteiger partial charge in [-0.15, -0.1) is 10.2 Å². The monoisotopic (exact) mass is 393 g/mol. The second-order valence-corrected chi connectivity index (χ2v) is 6.81. The Labute approximate surface area is 165 Å². The minimum absolute atomic E-state index is 0.0953. The first kappa shape index (κ1) is 18.5. The van der Waals surface area contributed by atoms with Crippen LogP contribution in [-0.4, -0.2) is 60.8 Å². The number of nitrogens with one attached hydrogen (secondary N) is 1. The normalized spacial score (nSPS) is 13.6. The summed E-state index contributed by atoms with van der Waals surface area (Å²) in [5, 5.41) is 12.0. The number of nitrogens with zero attached hydrogens (tertiary/aromatic N) is 5. The molecule has 2 aromatic heterocycles. The van der Waals surface area contributed by atoms with Crippen molar-refractivity contribution in [3.8, 4) is 11.4 Å². The van der Waals surface area contributed by atoms with Gasteiger partial charge in [0, 0.05) is 36.0 Å². The van der Waals surface area contributed by atoms with Crippen LogP contribution < -0.4 is 5.73 Å². The van der Waals surface area contributed by atoms with Crippen LogP contribution in [0.25, 0.3) is 11.4 Å². The molecule has 2 amide bonds. The fraction of sp³-hybridized carbons (Fsp3) is 0.263. The average molecular weight is 393 g/mol. The summed E-state index contributed by atoms with van der Waals surface area (Å²) in [6.45, 7) is 1.38. The van der Waals surface area contributed by atoms with Gasteiger partial charge < -0.3 is 15.6 Å². The Hall–Kier alpha value is -3.82. The number of rotatable bonds is 6. The maximum absolute atomic E-state index is 12.5. The van der Waals surface area contributed by atoms with Gasteiger partial charge in [0.15, 0.2) is 5.78 Å². The van der Waals surface area contributed by atoms with Crippen LogP contribution in [0.3, 0.4) is 0 Å². The van der Waals surface area contributed by atoms with Crippen LogP contribution in [0, 0.1) is 0 Å². The van der Waals surface area contributed by atoms with Crippen molar-refractivity contribution in [3.05, 3.63) is 53.3 Å². The average Bonchev–Trinajstić information content (AvgIpc) is 3.48. The molecule has 0 saturated carbocycles. The van der Waals surface area contributed by atoms with Gasteiger partial charge >= 0.3 is 0 Å². The number of carbonyl (C=O) groups is 3. The summed E-state index contributed by atoms with van der Waals surface area (Å²) in [6.07, 6.45) is 3.53. The number of carbonyl (C=O) groups excluding carboxylic acids is 3. The molecular weight excluding hydrogens is 374 g/mol. The van der Waals surface area contributed by atoms with E-state index in [4.69, 9.17) is 5.73 Å². The van der Waals surface area contributed by atoms with Gasteiger partial charge in [-0.3, -0.25) is 14.4 Å². The third kappa shape index (κ3) is 3.91. The number of primary amides is 1. The number of Topliss-reactive ketones (excluding diaryl/α,β-unsaturated/α-hetero) is 1. The van der Waals surface area contributed by atoms with E-state index in [1.165, 1.54) is 11.0 Å². The predicted molar refractivity (Wildman–Crippen MR) is 102 cm³/mol. The van der Waals surface area contributed by atoms with Gasteiger partial charge in [-0.1, -0.05) is 12.1 Å². The molecule has 29 heavy (non-hydrogen) atoms. The Kier molecular flexibility index (Phi) is 4.90. The molecule has 148 valence electrons. The third-order valence-corrected chi connectivity index (χ3v) is 4.79. The number of aromatic nitrogens is 5. The molecule has 3 heterocycles. The minimum Gasteiger partial charge on any atom is -0.366 e. The summed E-state index contributed by atoms with van der Waals surface area (Å²) in [4.78, 5) is 41.9. The number of benzene rings is 1. The molecule has 1 fully saturated rings. The van der Waals surface area contributed by atoms with Crippen molar-refractivity contribution in [1.82, 2.24) is 30.1 Å².